The molecule has 0 aliphatic carbocycles. The summed E-state index contributed by atoms with van der Waals surface area (Å²) >= 11 is 0. The van der Waals surface area contributed by atoms with E-state index in [0.717, 1.165) is 0 Å². The molecule has 3 N–H and O–H groups in total. The van der Waals surface area contributed by atoms with Crippen LogP contribution in [0, 0.1) is 6.92 Å². The summed E-state index contributed by atoms with van der Waals surface area (Å²) in [4.78, 5) is 31.6. The zero-order valence-corrected chi connectivity index (χ0v) is 14.6. The molecular formula is C16H18F3N5O3. The van der Waals surface area contributed by atoms with Gasteiger partial charge in [-0.3, -0.25) is 14.6 Å². The smallest absolute Gasteiger partial charge is 0.422 e. The lowest BCUT2D eigenvalue weighted by Crippen LogP contribution is -2.67. The standard InChI is InChI=1S/C16H18F3N5O3/c1-10-5-13(27-9-16(17,18)19)21-6-12(10)7-22-14(26)15(24-11(2)25)8-20-3-4-23-15/h3-6,8,23H,7,9H2,1-2H3,(H,22,26)(H,24,25). The van der Waals surface area contributed by atoms with Gasteiger partial charge in [0.15, 0.2) is 6.61 Å². The fraction of sp³-hybridized carbons (Fsp3) is 0.375. The molecule has 146 valence electrons. The lowest BCUT2D eigenvalue weighted by molar-refractivity contribution is -0.154. The molecule has 1 atom stereocenters. The topological polar surface area (TPSA) is 105 Å². The monoisotopic (exact) mass is 385 g/mol. The van der Waals surface area contributed by atoms with Gasteiger partial charge in [0.05, 0.1) is 6.21 Å². The number of carbonyl (C=O) groups excluding carboxylic acids is 2. The summed E-state index contributed by atoms with van der Waals surface area (Å²) in [6.45, 7) is 1.51. The van der Waals surface area contributed by atoms with Gasteiger partial charge in [-0.25, -0.2) is 4.98 Å². The Morgan fingerprint density at radius 2 is 2.11 bits per heavy atom. The first-order valence-electron chi connectivity index (χ1n) is 7.80. The minimum absolute atomic E-state index is 0.0395. The average molecular weight is 385 g/mol. The van der Waals surface area contributed by atoms with Crippen molar-refractivity contribution < 1.29 is 27.5 Å². The fourth-order valence-electron chi connectivity index (χ4n) is 2.22. The summed E-state index contributed by atoms with van der Waals surface area (Å²) in [6, 6.07) is 1.35. The van der Waals surface area contributed by atoms with Gasteiger partial charge in [-0.2, -0.15) is 13.2 Å². The zero-order chi connectivity index (χ0) is 20.1. The molecule has 1 unspecified atom stereocenters. The second kappa shape index (κ2) is 8.06. The molecule has 0 spiro atoms. The van der Waals surface area contributed by atoms with Gasteiger partial charge in [0.1, 0.15) is 0 Å². The number of nitrogens with one attached hydrogen (secondary N) is 3. The SMILES string of the molecule is CC(=O)NC1(C(=O)NCc2cnc(OCC(F)(F)F)cc2C)C=NC=CN1. The van der Waals surface area contributed by atoms with E-state index in [1.54, 1.807) is 6.92 Å². The Balaban J connectivity index is 2.02. The minimum Gasteiger partial charge on any atom is -0.468 e. The Morgan fingerprint density at radius 3 is 2.67 bits per heavy atom. The van der Waals surface area contributed by atoms with Crippen LogP contribution >= 0.6 is 0 Å². The molecule has 27 heavy (non-hydrogen) atoms. The first kappa shape index (κ1) is 20.2. The number of aromatic nitrogens is 1. The predicted molar refractivity (Wildman–Crippen MR) is 89.7 cm³/mol. The molecule has 0 radical (unpaired) electrons. The third kappa shape index (κ3) is 5.69. The fourth-order valence-corrected chi connectivity index (χ4v) is 2.22. The normalized spacial score (nSPS) is 18.6. The number of carbonyl (C=O) groups is 2. The number of pyridine rings is 1. The molecule has 2 amide bonds. The van der Waals surface area contributed by atoms with Crippen LogP contribution in [0.5, 0.6) is 5.88 Å². The van der Waals surface area contributed by atoms with Gasteiger partial charge >= 0.3 is 6.18 Å². The highest BCUT2D eigenvalue weighted by Crippen LogP contribution is 2.19. The number of hydrogen-bond acceptors (Lipinski definition) is 6. The van der Waals surface area contributed by atoms with E-state index in [1.807, 2.05) is 0 Å². The third-order valence-electron chi connectivity index (χ3n) is 3.49. The number of aliphatic imine (C=N–C) groups is 1. The van der Waals surface area contributed by atoms with Crippen LogP contribution < -0.4 is 20.7 Å². The van der Waals surface area contributed by atoms with Crippen molar-refractivity contribution in [2.75, 3.05) is 6.61 Å². The van der Waals surface area contributed by atoms with Crippen molar-refractivity contribution >= 4 is 18.0 Å². The number of alkyl halides is 3. The third-order valence-corrected chi connectivity index (χ3v) is 3.49. The van der Waals surface area contributed by atoms with Crippen molar-refractivity contribution in [2.24, 2.45) is 4.99 Å². The summed E-state index contributed by atoms with van der Waals surface area (Å²) in [5.74, 6) is -1.17. The van der Waals surface area contributed by atoms with Gasteiger partial charge < -0.3 is 20.7 Å². The Morgan fingerprint density at radius 1 is 1.37 bits per heavy atom. The highest BCUT2D eigenvalue weighted by Gasteiger charge is 2.37. The van der Waals surface area contributed by atoms with Crippen LogP contribution in [0.15, 0.2) is 29.7 Å². The molecule has 2 heterocycles. The largest absolute Gasteiger partial charge is 0.468 e. The van der Waals surface area contributed by atoms with Crippen LogP contribution in [0.3, 0.4) is 0 Å². The molecule has 0 saturated heterocycles. The van der Waals surface area contributed by atoms with E-state index in [9.17, 15) is 22.8 Å². The molecule has 2 rings (SSSR count). The quantitative estimate of drug-likeness (QED) is 0.676. The van der Waals surface area contributed by atoms with Gasteiger partial charge in [-0.1, -0.05) is 0 Å². The van der Waals surface area contributed by atoms with Gasteiger partial charge in [0, 0.05) is 38.1 Å². The van der Waals surface area contributed by atoms with Crippen molar-refractivity contribution in [2.45, 2.75) is 32.2 Å². The lowest BCUT2D eigenvalue weighted by Gasteiger charge is -2.30. The summed E-state index contributed by atoms with van der Waals surface area (Å²) in [5, 5.41) is 7.85. The molecule has 1 aromatic heterocycles. The van der Waals surface area contributed by atoms with Crippen molar-refractivity contribution in [3.8, 4) is 5.88 Å². The average Bonchev–Trinajstić information content (AvgIpc) is 2.58. The van der Waals surface area contributed by atoms with Gasteiger partial charge in [0.2, 0.25) is 17.5 Å². The molecular weight excluding hydrogens is 367 g/mol. The molecule has 0 saturated carbocycles. The number of aryl methyl sites for hydroxylation is 1. The van der Waals surface area contributed by atoms with E-state index in [4.69, 9.17) is 0 Å². The van der Waals surface area contributed by atoms with E-state index >= 15 is 0 Å². The number of amides is 2. The number of rotatable bonds is 6. The van der Waals surface area contributed by atoms with Crippen molar-refractivity contribution in [1.29, 1.82) is 0 Å². The van der Waals surface area contributed by atoms with Crippen molar-refractivity contribution in [3.63, 3.8) is 0 Å². The molecule has 0 aromatic carbocycles. The van der Waals surface area contributed by atoms with E-state index in [1.165, 1.54) is 37.8 Å². The second-order valence-corrected chi connectivity index (χ2v) is 5.76. The Hall–Kier alpha value is -3.11. The highest BCUT2D eigenvalue weighted by atomic mass is 19.4. The van der Waals surface area contributed by atoms with Crippen LogP contribution in [0.25, 0.3) is 0 Å². The lowest BCUT2D eigenvalue weighted by atomic mass is 10.1. The number of halogens is 3. The maximum atomic E-state index is 12.5. The van der Waals surface area contributed by atoms with Gasteiger partial charge in [-0.15, -0.1) is 0 Å². The van der Waals surface area contributed by atoms with Crippen LogP contribution in [0.1, 0.15) is 18.1 Å². The molecule has 11 heteroatoms. The van der Waals surface area contributed by atoms with Crippen LogP contribution in [0.2, 0.25) is 0 Å². The maximum Gasteiger partial charge on any atom is 0.422 e. The molecule has 0 bridgehead atoms. The van der Waals surface area contributed by atoms with E-state index in [2.05, 4.69) is 30.7 Å². The van der Waals surface area contributed by atoms with E-state index in [-0.39, 0.29) is 12.4 Å². The zero-order valence-electron chi connectivity index (χ0n) is 14.6. The van der Waals surface area contributed by atoms with Crippen LogP contribution in [-0.4, -0.2) is 41.5 Å². The highest BCUT2D eigenvalue weighted by molar-refractivity contribution is 6.06. The Labute approximate surface area is 152 Å². The number of nitrogens with zero attached hydrogens (tertiary/aromatic N) is 2. The molecule has 0 fully saturated rings. The molecule has 1 aliphatic rings. The first-order valence-corrected chi connectivity index (χ1v) is 7.80. The Kier molecular flexibility index (Phi) is 6.03. The number of hydrogen-bond donors (Lipinski definition) is 3. The summed E-state index contributed by atoms with van der Waals surface area (Å²) in [5.41, 5.74) is -0.372. The predicted octanol–water partition coefficient (Wildman–Crippen LogP) is 0.925. The maximum absolute atomic E-state index is 12.5. The summed E-state index contributed by atoms with van der Waals surface area (Å²) in [7, 11) is 0. The first-order chi connectivity index (χ1) is 12.6. The van der Waals surface area contributed by atoms with E-state index < -0.39 is 30.3 Å². The molecule has 1 aromatic rings. The van der Waals surface area contributed by atoms with Crippen LogP contribution in [0.4, 0.5) is 13.2 Å². The molecule has 1 aliphatic heterocycles. The minimum atomic E-state index is -4.46. The van der Waals surface area contributed by atoms with Crippen molar-refractivity contribution in [3.05, 3.63) is 35.8 Å². The van der Waals surface area contributed by atoms with E-state index in [0.29, 0.717) is 11.1 Å². The van der Waals surface area contributed by atoms with Gasteiger partial charge in [0.25, 0.3) is 5.91 Å². The van der Waals surface area contributed by atoms with Crippen molar-refractivity contribution in [1.82, 2.24) is 20.9 Å². The second-order valence-electron chi connectivity index (χ2n) is 5.76. The molecule has 8 nitrogen and oxygen atoms in total. The number of ether oxygens (including phenoxy) is 1. The summed E-state index contributed by atoms with van der Waals surface area (Å²) in [6.07, 6.45) is 0.942. The Bertz CT molecular complexity index is 779. The van der Waals surface area contributed by atoms with Gasteiger partial charge in [-0.05, 0) is 18.1 Å². The summed E-state index contributed by atoms with van der Waals surface area (Å²) < 4.78 is 41.1. The van der Waals surface area contributed by atoms with Crippen LogP contribution in [-0.2, 0) is 16.1 Å².